The minimum absolute atomic E-state index is 0. The summed E-state index contributed by atoms with van der Waals surface area (Å²) < 4.78 is 2.63. The first kappa shape index (κ1) is 19.8. The molecule has 0 aliphatic carbocycles. The first-order chi connectivity index (χ1) is 11.6. The van der Waals surface area contributed by atoms with E-state index in [0.29, 0.717) is 12.2 Å². The van der Waals surface area contributed by atoms with Gasteiger partial charge in [-0.1, -0.05) is 27.2 Å². The minimum atomic E-state index is -0.177. The Hall–Kier alpha value is -1.48. The van der Waals surface area contributed by atoms with Crippen molar-refractivity contribution < 1.29 is 4.79 Å². The number of piperazine rings is 1. The standard InChI is InChI=1S/C16H21BrN6O.ClH/c1-12-15(16(24)19-7-10-22-8-5-18-6-9-22)20-21-23(12)14-4-2-3-13(17)11-14;/h2-4,11,18H,5-10H2,1H3,(H,19,24);1H. The second-order valence-electron chi connectivity index (χ2n) is 5.76. The van der Waals surface area contributed by atoms with Crippen molar-refractivity contribution in [3.63, 3.8) is 0 Å². The van der Waals surface area contributed by atoms with Crippen LogP contribution in [0.2, 0.25) is 0 Å². The van der Waals surface area contributed by atoms with Crippen LogP contribution in [0, 0.1) is 6.92 Å². The van der Waals surface area contributed by atoms with Gasteiger partial charge in [0.15, 0.2) is 5.69 Å². The van der Waals surface area contributed by atoms with Crippen molar-refractivity contribution >= 4 is 34.2 Å². The molecule has 3 rings (SSSR count). The summed E-state index contributed by atoms with van der Waals surface area (Å²) in [5, 5.41) is 14.4. The zero-order valence-electron chi connectivity index (χ0n) is 14.0. The Morgan fingerprint density at radius 1 is 1.36 bits per heavy atom. The fourth-order valence-corrected chi connectivity index (χ4v) is 3.13. The molecule has 0 spiro atoms. The molecule has 9 heteroatoms. The molecular formula is C16H22BrClN6O. The number of amides is 1. The average Bonchev–Trinajstić information content (AvgIpc) is 2.97. The maximum atomic E-state index is 12.4. The molecule has 0 atom stereocenters. The van der Waals surface area contributed by atoms with Crippen LogP contribution in [-0.4, -0.2) is 65.1 Å². The Bertz CT molecular complexity index is 716. The lowest BCUT2D eigenvalue weighted by molar-refractivity contribution is 0.0941. The van der Waals surface area contributed by atoms with Crippen LogP contribution in [0.1, 0.15) is 16.2 Å². The molecule has 25 heavy (non-hydrogen) atoms. The van der Waals surface area contributed by atoms with Crippen molar-refractivity contribution in [3.8, 4) is 5.69 Å². The number of hydrogen-bond donors (Lipinski definition) is 2. The van der Waals surface area contributed by atoms with Gasteiger partial charge in [0.1, 0.15) is 0 Å². The second-order valence-corrected chi connectivity index (χ2v) is 6.68. The van der Waals surface area contributed by atoms with E-state index in [1.54, 1.807) is 4.68 Å². The summed E-state index contributed by atoms with van der Waals surface area (Å²) in [6.07, 6.45) is 0. The van der Waals surface area contributed by atoms with Crippen LogP contribution in [0.25, 0.3) is 5.69 Å². The summed E-state index contributed by atoms with van der Waals surface area (Å²) in [6, 6.07) is 7.74. The lowest BCUT2D eigenvalue weighted by atomic mass is 10.3. The molecular weight excluding hydrogens is 408 g/mol. The fraction of sp³-hybridized carbons (Fsp3) is 0.438. The largest absolute Gasteiger partial charge is 0.349 e. The molecule has 1 saturated heterocycles. The number of rotatable bonds is 5. The Morgan fingerprint density at radius 3 is 2.84 bits per heavy atom. The van der Waals surface area contributed by atoms with Crippen molar-refractivity contribution in [1.82, 2.24) is 30.5 Å². The lowest BCUT2D eigenvalue weighted by Gasteiger charge is -2.26. The van der Waals surface area contributed by atoms with E-state index in [2.05, 4.69) is 41.8 Å². The Kier molecular flexibility index (Phi) is 7.37. The SMILES string of the molecule is Cc1c(C(=O)NCCN2CCNCC2)nnn1-c1cccc(Br)c1.Cl. The van der Waals surface area contributed by atoms with E-state index >= 15 is 0 Å². The minimum Gasteiger partial charge on any atom is -0.349 e. The molecule has 1 fully saturated rings. The molecule has 2 heterocycles. The monoisotopic (exact) mass is 428 g/mol. The third-order valence-corrected chi connectivity index (χ3v) is 4.58. The smallest absolute Gasteiger partial charge is 0.273 e. The van der Waals surface area contributed by atoms with Gasteiger partial charge in [0.2, 0.25) is 0 Å². The summed E-state index contributed by atoms with van der Waals surface area (Å²) in [7, 11) is 0. The van der Waals surface area contributed by atoms with Crippen LogP contribution in [-0.2, 0) is 0 Å². The van der Waals surface area contributed by atoms with Crippen molar-refractivity contribution in [2.45, 2.75) is 6.92 Å². The fourth-order valence-electron chi connectivity index (χ4n) is 2.74. The molecule has 7 nitrogen and oxygen atoms in total. The molecule has 1 aliphatic heterocycles. The third kappa shape index (κ3) is 5.01. The van der Waals surface area contributed by atoms with Crippen LogP contribution in [0.4, 0.5) is 0 Å². The number of halogens is 2. The van der Waals surface area contributed by atoms with E-state index in [1.807, 2.05) is 31.2 Å². The molecule has 1 aromatic heterocycles. The zero-order valence-corrected chi connectivity index (χ0v) is 16.4. The predicted octanol–water partition coefficient (Wildman–Crippen LogP) is 1.40. The number of carbonyl (C=O) groups is 1. The van der Waals surface area contributed by atoms with Crippen LogP contribution < -0.4 is 10.6 Å². The number of nitrogens with zero attached hydrogens (tertiary/aromatic N) is 4. The molecule has 1 aromatic carbocycles. The third-order valence-electron chi connectivity index (χ3n) is 4.09. The topological polar surface area (TPSA) is 75.1 Å². The number of aromatic nitrogens is 3. The summed E-state index contributed by atoms with van der Waals surface area (Å²) in [4.78, 5) is 14.7. The molecule has 1 amide bonds. The quantitative estimate of drug-likeness (QED) is 0.751. The highest BCUT2D eigenvalue weighted by molar-refractivity contribution is 9.10. The normalized spacial score (nSPS) is 14.8. The van der Waals surface area contributed by atoms with Gasteiger partial charge in [-0.15, -0.1) is 17.5 Å². The van der Waals surface area contributed by atoms with Gasteiger partial charge in [0.05, 0.1) is 11.4 Å². The van der Waals surface area contributed by atoms with Crippen molar-refractivity contribution in [3.05, 3.63) is 40.1 Å². The van der Waals surface area contributed by atoms with Gasteiger partial charge in [-0.25, -0.2) is 4.68 Å². The van der Waals surface area contributed by atoms with Gasteiger partial charge >= 0.3 is 0 Å². The van der Waals surface area contributed by atoms with E-state index in [4.69, 9.17) is 0 Å². The number of benzene rings is 1. The average molecular weight is 430 g/mol. The van der Waals surface area contributed by atoms with E-state index < -0.39 is 0 Å². The second kappa shape index (κ2) is 9.28. The first-order valence-electron chi connectivity index (χ1n) is 8.04. The van der Waals surface area contributed by atoms with Crippen molar-refractivity contribution in [2.24, 2.45) is 0 Å². The highest BCUT2D eigenvalue weighted by atomic mass is 79.9. The number of nitrogens with one attached hydrogen (secondary N) is 2. The van der Waals surface area contributed by atoms with E-state index in [-0.39, 0.29) is 18.3 Å². The zero-order chi connectivity index (χ0) is 16.9. The number of carbonyl (C=O) groups excluding carboxylic acids is 1. The number of hydrogen-bond acceptors (Lipinski definition) is 5. The summed E-state index contributed by atoms with van der Waals surface area (Å²) in [5.41, 5.74) is 1.97. The van der Waals surface area contributed by atoms with Crippen LogP contribution in [0.15, 0.2) is 28.7 Å². The van der Waals surface area contributed by atoms with Crippen molar-refractivity contribution in [1.29, 1.82) is 0 Å². The Labute approximate surface area is 161 Å². The Morgan fingerprint density at radius 2 is 2.12 bits per heavy atom. The molecule has 0 saturated carbocycles. The molecule has 2 N–H and O–H groups in total. The van der Waals surface area contributed by atoms with Crippen LogP contribution in [0.3, 0.4) is 0 Å². The van der Waals surface area contributed by atoms with Crippen molar-refractivity contribution in [2.75, 3.05) is 39.3 Å². The van der Waals surface area contributed by atoms with Crippen LogP contribution >= 0.6 is 28.3 Å². The van der Waals surface area contributed by atoms with Gasteiger partial charge in [-0.2, -0.15) is 0 Å². The van der Waals surface area contributed by atoms with E-state index in [1.165, 1.54) is 0 Å². The molecule has 136 valence electrons. The maximum absolute atomic E-state index is 12.4. The van der Waals surface area contributed by atoms with Gasteiger partial charge in [0, 0.05) is 43.7 Å². The molecule has 2 aromatic rings. The van der Waals surface area contributed by atoms with E-state index in [0.717, 1.165) is 48.6 Å². The van der Waals surface area contributed by atoms with Gasteiger partial charge in [-0.3, -0.25) is 9.69 Å². The van der Waals surface area contributed by atoms with Gasteiger partial charge in [-0.05, 0) is 25.1 Å². The molecule has 0 unspecified atom stereocenters. The van der Waals surface area contributed by atoms with Gasteiger partial charge < -0.3 is 10.6 Å². The van der Waals surface area contributed by atoms with Crippen LogP contribution in [0.5, 0.6) is 0 Å². The summed E-state index contributed by atoms with van der Waals surface area (Å²) in [6.45, 7) is 7.38. The highest BCUT2D eigenvalue weighted by Crippen LogP contribution is 2.17. The Balaban J connectivity index is 0.00000225. The molecule has 1 aliphatic rings. The predicted molar refractivity (Wildman–Crippen MR) is 103 cm³/mol. The lowest BCUT2D eigenvalue weighted by Crippen LogP contribution is -2.46. The summed E-state index contributed by atoms with van der Waals surface area (Å²) in [5.74, 6) is -0.177. The highest BCUT2D eigenvalue weighted by Gasteiger charge is 2.17. The summed E-state index contributed by atoms with van der Waals surface area (Å²) >= 11 is 3.44. The van der Waals surface area contributed by atoms with E-state index in [9.17, 15) is 4.79 Å². The van der Waals surface area contributed by atoms with Gasteiger partial charge in [0.25, 0.3) is 5.91 Å². The molecule has 0 bridgehead atoms. The molecule has 0 radical (unpaired) electrons. The maximum Gasteiger partial charge on any atom is 0.273 e. The first-order valence-corrected chi connectivity index (χ1v) is 8.84.